The summed E-state index contributed by atoms with van der Waals surface area (Å²) < 4.78 is 0.777. The van der Waals surface area contributed by atoms with Gasteiger partial charge in [-0.15, -0.1) is 0 Å². The van der Waals surface area contributed by atoms with Crippen LogP contribution < -0.4 is 11.1 Å². The lowest BCUT2D eigenvalue weighted by Crippen LogP contribution is -2.13. The summed E-state index contributed by atoms with van der Waals surface area (Å²) >= 11 is 15.3. The van der Waals surface area contributed by atoms with E-state index in [0.29, 0.717) is 27.0 Å². The monoisotopic (exact) mass is 372 g/mol. The maximum Gasteiger partial charge on any atom is 0.257 e. The second-order valence-electron chi connectivity index (χ2n) is 4.27. The molecule has 0 aliphatic heterocycles. The van der Waals surface area contributed by atoms with E-state index in [9.17, 15) is 4.79 Å². The van der Waals surface area contributed by atoms with Crippen molar-refractivity contribution in [3.63, 3.8) is 0 Å². The van der Waals surface area contributed by atoms with E-state index < -0.39 is 0 Å². The largest absolute Gasteiger partial charge is 0.398 e. The van der Waals surface area contributed by atoms with E-state index in [2.05, 4.69) is 21.2 Å². The van der Waals surface area contributed by atoms with Gasteiger partial charge in [0.1, 0.15) is 0 Å². The van der Waals surface area contributed by atoms with Gasteiger partial charge in [-0.2, -0.15) is 0 Å². The summed E-state index contributed by atoms with van der Waals surface area (Å²) in [5.74, 6) is -0.305. The summed E-state index contributed by atoms with van der Waals surface area (Å²) in [5, 5.41) is 3.55. The Labute approximate surface area is 135 Å². The number of nitrogens with one attached hydrogen (secondary N) is 1. The maximum absolute atomic E-state index is 12.2. The Bertz CT molecular complexity index is 689. The standard InChI is InChI=1S/C14H11BrCl2N2O/c1-7-4-12(18)11(17)6-13(7)19-14(20)9-5-8(15)2-3-10(9)16/h2-6H,18H2,1H3,(H,19,20). The van der Waals surface area contributed by atoms with Gasteiger partial charge < -0.3 is 11.1 Å². The molecule has 0 aliphatic carbocycles. The summed E-state index contributed by atoms with van der Waals surface area (Å²) in [6.07, 6.45) is 0. The molecule has 0 unspecified atom stereocenters. The minimum absolute atomic E-state index is 0.305. The van der Waals surface area contributed by atoms with Crippen molar-refractivity contribution in [2.24, 2.45) is 0 Å². The van der Waals surface area contributed by atoms with Crippen LogP contribution >= 0.6 is 39.1 Å². The number of anilines is 2. The zero-order valence-electron chi connectivity index (χ0n) is 10.5. The van der Waals surface area contributed by atoms with Crippen LogP contribution in [0.4, 0.5) is 11.4 Å². The number of carbonyl (C=O) groups is 1. The number of benzene rings is 2. The average Bonchev–Trinajstić information content (AvgIpc) is 2.38. The fraction of sp³-hybridized carbons (Fsp3) is 0.0714. The average molecular weight is 374 g/mol. The molecule has 2 aromatic carbocycles. The summed E-state index contributed by atoms with van der Waals surface area (Å²) in [4.78, 5) is 12.2. The number of amides is 1. The lowest BCUT2D eigenvalue weighted by atomic mass is 10.1. The smallest absolute Gasteiger partial charge is 0.257 e. The maximum atomic E-state index is 12.2. The molecule has 0 bridgehead atoms. The van der Waals surface area contributed by atoms with Crippen molar-refractivity contribution in [2.45, 2.75) is 6.92 Å². The predicted molar refractivity (Wildman–Crippen MR) is 87.7 cm³/mol. The molecule has 0 fully saturated rings. The first-order chi connectivity index (χ1) is 9.38. The topological polar surface area (TPSA) is 55.1 Å². The first kappa shape index (κ1) is 15.2. The van der Waals surface area contributed by atoms with Crippen molar-refractivity contribution in [3.05, 3.63) is 56.0 Å². The molecule has 1 amide bonds. The van der Waals surface area contributed by atoms with Crippen molar-refractivity contribution in [1.82, 2.24) is 0 Å². The second-order valence-corrected chi connectivity index (χ2v) is 6.00. The van der Waals surface area contributed by atoms with Crippen LogP contribution in [0.25, 0.3) is 0 Å². The molecule has 0 saturated heterocycles. The van der Waals surface area contributed by atoms with Gasteiger partial charge in [0.15, 0.2) is 0 Å². The van der Waals surface area contributed by atoms with Crippen LogP contribution in [0.5, 0.6) is 0 Å². The first-order valence-electron chi connectivity index (χ1n) is 5.70. The zero-order valence-corrected chi connectivity index (χ0v) is 13.6. The van der Waals surface area contributed by atoms with Gasteiger partial charge in [-0.05, 0) is 42.8 Å². The van der Waals surface area contributed by atoms with Crippen LogP contribution in [0, 0.1) is 6.92 Å². The van der Waals surface area contributed by atoms with Gasteiger partial charge in [0, 0.05) is 10.2 Å². The van der Waals surface area contributed by atoms with E-state index in [1.807, 2.05) is 6.92 Å². The molecule has 0 spiro atoms. The molecule has 2 rings (SSSR count). The predicted octanol–water partition coefficient (Wildman–Crippen LogP) is 4.90. The van der Waals surface area contributed by atoms with E-state index in [0.717, 1.165) is 10.0 Å². The molecule has 20 heavy (non-hydrogen) atoms. The van der Waals surface area contributed by atoms with Gasteiger partial charge in [0.2, 0.25) is 0 Å². The summed E-state index contributed by atoms with van der Waals surface area (Å²) in [7, 11) is 0. The van der Waals surface area contributed by atoms with Crippen LogP contribution in [0.3, 0.4) is 0 Å². The van der Waals surface area contributed by atoms with Gasteiger partial charge >= 0.3 is 0 Å². The molecule has 0 atom stereocenters. The summed E-state index contributed by atoms with van der Waals surface area (Å²) in [6.45, 7) is 1.84. The normalized spacial score (nSPS) is 10.4. The molecule has 0 heterocycles. The Hall–Kier alpha value is -1.23. The van der Waals surface area contributed by atoms with Crippen molar-refractivity contribution in [2.75, 3.05) is 11.1 Å². The van der Waals surface area contributed by atoms with E-state index >= 15 is 0 Å². The molecule has 3 N–H and O–H groups in total. The number of nitrogens with two attached hydrogens (primary N) is 1. The molecular weight excluding hydrogens is 363 g/mol. The van der Waals surface area contributed by atoms with Crippen molar-refractivity contribution >= 4 is 56.4 Å². The SMILES string of the molecule is Cc1cc(N)c(Cl)cc1NC(=O)c1cc(Br)ccc1Cl. The minimum atomic E-state index is -0.305. The van der Waals surface area contributed by atoms with Crippen molar-refractivity contribution < 1.29 is 4.79 Å². The molecule has 104 valence electrons. The molecular formula is C14H11BrCl2N2O. The zero-order chi connectivity index (χ0) is 14.9. The lowest BCUT2D eigenvalue weighted by molar-refractivity contribution is 0.102. The Morgan fingerprint density at radius 3 is 2.60 bits per heavy atom. The van der Waals surface area contributed by atoms with Gasteiger partial charge in [0.25, 0.3) is 5.91 Å². The van der Waals surface area contributed by atoms with E-state index in [1.54, 1.807) is 30.3 Å². The molecule has 3 nitrogen and oxygen atoms in total. The summed E-state index contributed by atoms with van der Waals surface area (Å²) in [6, 6.07) is 8.41. The quantitative estimate of drug-likeness (QED) is 0.735. The summed E-state index contributed by atoms with van der Waals surface area (Å²) in [5.41, 5.74) is 7.99. The van der Waals surface area contributed by atoms with Crippen molar-refractivity contribution in [1.29, 1.82) is 0 Å². The highest BCUT2D eigenvalue weighted by Gasteiger charge is 2.13. The van der Waals surface area contributed by atoms with Gasteiger partial charge in [-0.25, -0.2) is 0 Å². The van der Waals surface area contributed by atoms with E-state index in [-0.39, 0.29) is 5.91 Å². The fourth-order valence-electron chi connectivity index (χ4n) is 1.70. The van der Waals surface area contributed by atoms with Gasteiger partial charge in [-0.3, -0.25) is 4.79 Å². The fourth-order valence-corrected chi connectivity index (χ4v) is 2.43. The lowest BCUT2D eigenvalue weighted by Gasteiger charge is -2.11. The Morgan fingerprint density at radius 1 is 1.20 bits per heavy atom. The van der Waals surface area contributed by atoms with E-state index in [1.165, 1.54) is 0 Å². The number of carbonyl (C=O) groups excluding carboxylic acids is 1. The van der Waals surface area contributed by atoms with Crippen LogP contribution in [-0.4, -0.2) is 5.91 Å². The second kappa shape index (κ2) is 6.04. The van der Waals surface area contributed by atoms with Gasteiger partial charge in [-0.1, -0.05) is 39.1 Å². The molecule has 6 heteroatoms. The number of hydrogen-bond acceptors (Lipinski definition) is 2. The Morgan fingerprint density at radius 2 is 1.90 bits per heavy atom. The molecule has 0 aromatic heterocycles. The number of aryl methyl sites for hydroxylation is 1. The van der Waals surface area contributed by atoms with Crippen LogP contribution in [-0.2, 0) is 0 Å². The van der Waals surface area contributed by atoms with Crippen LogP contribution in [0.2, 0.25) is 10.0 Å². The Balaban J connectivity index is 2.32. The highest BCUT2D eigenvalue weighted by molar-refractivity contribution is 9.10. The van der Waals surface area contributed by atoms with Crippen LogP contribution in [0.1, 0.15) is 15.9 Å². The highest BCUT2D eigenvalue weighted by Crippen LogP contribution is 2.28. The number of nitrogen functional groups attached to an aromatic ring is 1. The highest BCUT2D eigenvalue weighted by atomic mass is 79.9. The number of hydrogen-bond donors (Lipinski definition) is 2. The first-order valence-corrected chi connectivity index (χ1v) is 7.25. The molecule has 2 aromatic rings. The van der Waals surface area contributed by atoms with Gasteiger partial charge in [0.05, 0.1) is 21.3 Å². The third-order valence-corrected chi connectivity index (χ3v) is 3.92. The number of halogens is 3. The Kier molecular flexibility index (Phi) is 4.58. The van der Waals surface area contributed by atoms with Crippen LogP contribution in [0.15, 0.2) is 34.8 Å². The molecule has 0 aliphatic rings. The van der Waals surface area contributed by atoms with E-state index in [4.69, 9.17) is 28.9 Å². The number of rotatable bonds is 2. The third-order valence-electron chi connectivity index (χ3n) is 2.76. The van der Waals surface area contributed by atoms with Crippen molar-refractivity contribution in [3.8, 4) is 0 Å². The molecule has 0 saturated carbocycles. The minimum Gasteiger partial charge on any atom is -0.398 e. The third kappa shape index (κ3) is 3.26. The molecule has 0 radical (unpaired) electrons.